The summed E-state index contributed by atoms with van der Waals surface area (Å²) in [5.41, 5.74) is 1.93. The molecule has 124 valence electrons. The normalized spacial score (nSPS) is 10.6. The van der Waals surface area contributed by atoms with E-state index >= 15 is 0 Å². The summed E-state index contributed by atoms with van der Waals surface area (Å²) in [5, 5.41) is 8.20. The van der Waals surface area contributed by atoms with Crippen molar-refractivity contribution in [1.29, 1.82) is 0 Å². The summed E-state index contributed by atoms with van der Waals surface area (Å²) < 4.78 is 10.5. The second-order valence-corrected chi connectivity index (χ2v) is 5.60. The number of benzene rings is 2. The van der Waals surface area contributed by atoms with Crippen molar-refractivity contribution in [2.45, 2.75) is 6.54 Å². The number of fused-ring (bicyclic) bond motifs is 1. The van der Waals surface area contributed by atoms with Crippen molar-refractivity contribution < 1.29 is 14.1 Å². The zero-order valence-electron chi connectivity index (χ0n) is 13.2. The summed E-state index contributed by atoms with van der Waals surface area (Å²) in [4.78, 5) is 13.8. The minimum Gasteiger partial charge on any atom is -0.495 e. The minimum absolute atomic E-state index is 0.253. The molecule has 0 fully saturated rings. The number of urea groups is 1. The summed E-state index contributed by atoms with van der Waals surface area (Å²) in [6.45, 7) is 0.253. The third-order valence-electron chi connectivity index (χ3n) is 3.67. The molecule has 2 aromatic carbocycles. The molecule has 0 spiro atoms. The number of halogens is 1. The fourth-order valence-electron chi connectivity index (χ4n) is 2.38. The number of nitrogens with one attached hydrogen (secondary N) is 1. The first-order valence-electron chi connectivity index (χ1n) is 7.28. The Bertz CT molecular complexity index is 878. The second-order valence-electron chi connectivity index (χ2n) is 5.16. The minimum atomic E-state index is -0.303. The largest absolute Gasteiger partial charge is 0.495 e. The molecule has 7 heteroatoms. The number of rotatable bonds is 4. The summed E-state index contributed by atoms with van der Waals surface area (Å²) in [6.07, 6.45) is 0. The van der Waals surface area contributed by atoms with Gasteiger partial charge in [0.15, 0.2) is 5.58 Å². The van der Waals surface area contributed by atoms with Crippen LogP contribution in [0.4, 0.5) is 10.5 Å². The number of nitrogens with zero attached hydrogens (tertiary/aromatic N) is 2. The number of hydrogen-bond acceptors (Lipinski definition) is 4. The summed E-state index contributed by atoms with van der Waals surface area (Å²) in [5.74, 6) is 0.559. The number of anilines is 1. The highest BCUT2D eigenvalue weighted by Gasteiger charge is 2.16. The van der Waals surface area contributed by atoms with Crippen LogP contribution >= 0.6 is 11.6 Å². The van der Waals surface area contributed by atoms with Gasteiger partial charge in [-0.05, 0) is 30.3 Å². The number of hydrogen-bond donors (Lipinski definition) is 1. The molecule has 24 heavy (non-hydrogen) atoms. The lowest BCUT2D eigenvalue weighted by Gasteiger charge is -2.20. The Labute approximate surface area is 143 Å². The van der Waals surface area contributed by atoms with Gasteiger partial charge in [0.1, 0.15) is 11.4 Å². The SMILES string of the molecule is COc1ccc(Cl)cc1N(C)C(=O)NCc1noc2ccccc12. The van der Waals surface area contributed by atoms with E-state index in [-0.39, 0.29) is 12.6 Å². The van der Waals surface area contributed by atoms with Crippen LogP contribution in [-0.4, -0.2) is 25.3 Å². The Hall–Kier alpha value is -2.73. The van der Waals surface area contributed by atoms with Gasteiger partial charge in [0.25, 0.3) is 0 Å². The molecule has 0 aliphatic carbocycles. The molecule has 0 aliphatic rings. The lowest BCUT2D eigenvalue weighted by Crippen LogP contribution is -2.37. The van der Waals surface area contributed by atoms with E-state index in [2.05, 4.69) is 10.5 Å². The predicted octanol–water partition coefficient (Wildman–Crippen LogP) is 3.84. The monoisotopic (exact) mass is 345 g/mol. The second kappa shape index (κ2) is 6.80. The number of methoxy groups -OCH3 is 1. The van der Waals surface area contributed by atoms with Gasteiger partial charge in [-0.25, -0.2) is 4.79 Å². The molecular weight excluding hydrogens is 330 g/mol. The van der Waals surface area contributed by atoms with E-state index in [0.717, 1.165) is 5.39 Å². The first-order valence-corrected chi connectivity index (χ1v) is 7.66. The molecule has 3 aromatic rings. The zero-order valence-corrected chi connectivity index (χ0v) is 14.0. The fourth-order valence-corrected chi connectivity index (χ4v) is 2.54. The van der Waals surface area contributed by atoms with E-state index in [1.807, 2.05) is 24.3 Å². The van der Waals surface area contributed by atoms with E-state index < -0.39 is 0 Å². The van der Waals surface area contributed by atoms with Crippen LogP contribution < -0.4 is 15.0 Å². The van der Waals surface area contributed by atoms with Crippen LogP contribution in [0.5, 0.6) is 5.75 Å². The van der Waals surface area contributed by atoms with E-state index in [9.17, 15) is 4.79 Å². The van der Waals surface area contributed by atoms with Crippen LogP contribution in [0.1, 0.15) is 5.69 Å². The molecule has 0 atom stereocenters. The molecule has 0 saturated carbocycles. The lowest BCUT2D eigenvalue weighted by molar-refractivity contribution is 0.246. The number of carbonyl (C=O) groups excluding carboxylic acids is 1. The Morgan fingerprint density at radius 1 is 1.33 bits per heavy atom. The Morgan fingerprint density at radius 2 is 2.12 bits per heavy atom. The van der Waals surface area contributed by atoms with Crippen molar-refractivity contribution in [3.05, 3.63) is 53.2 Å². The topological polar surface area (TPSA) is 67.6 Å². The number of aromatic nitrogens is 1. The maximum Gasteiger partial charge on any atom is 0.322 e. The smallest absolute Gasteiger partial charge is 0.322 e. The molecule has 1 aromatic heterocycles. The molecule has 6 nitrogen and oxygen atoms in total. The van der Waals surface area contributed by atoms with Crippen LogP contribution in [0.2, 0.25) is 5.02 Å². The van der Waals surface area contributed by atoms with E-state index in [1.165, 1.54) is 4.90 Å². The Kier molecular flexibility index (Phi) is 4.57. The molecule has 0 radical (unpaired) electrons. The van der Waals surface area contributed by atoms with Gasteiger partial charge in [-0.2, -0.15) is 0 Å². The molecule has 3 rings (SSSR count). The number of ether oxygens (including phenoxy) is 1. The molecule has 0 aliphatic heterocycles. The summed E-state index contributed by atoms with van der Waals surface area (Å²) >= 11 is 6.01. The molecule has 0 saturated heterocycles. The van der Waals surface area contributed by atoms with Crippen molar-refractivity contribution >= 4 is 34.3 Å². The van der Waals surface area contributed by atoms with Crippen LogP contribution in [0.15, 0.2) is 47.0 Å². The quantitative estimate of drug-likeness (QED) is 0.780. The Balaban J connectivity index is 1.74. The number of carbonyl (C=O) groups is 1. The van der Waals surface area contributed by atoms with Crippen LogP contribution in [0.25, 0.3) is 11.0 Å². The molecule has 1 N–H and O–H groups in total. The van der Waals surface area contributed by atoms with E-state index in [1.54, 1.807) is 32.4 Å². The molecule has 1 heterocycles. The van der Waals surface area contributed by atoms with Gasteiger partial charge >= 0.3 is 6.03 Å². The highest BCUT2D eigenvalue weighted by molar-refractivity contribution is 6.31. The highest BCUT2D eigenvalue weighted by Crippen LogP contribution is 2.30. The first kappa shape index (κ1) is 16.1. The van der Waals surface area contributed by atoms with Gasteiger partial charge in [-0.15, -0.1) is 0 Å². The van der Waals surface area contributed by atoms with Crippen molar-refractivity contribution in [1.82, 2.24) is 10.5 Å². The van der Waals surface area contributed by atoms with Gasteiger partial charge in [-0.1, -0.05) is 28.9 Å². The Morgan fingerprint density at radius 3 is 2.92 bits per heavy atom. The lowest BCUT2D eigenvalue weighted by atomic mass is 10.2. The van der Waals surface area contributed by atoms with Gasteiger partial charge < -0.3 is 14.6 Å². The van der Waals surface area contributed by atoms with Crippen molar-refractivity contribution in [3.8, 4) is 5.75 Å². The van der Waals surface area contributed by atoms with Gasteiger partial charge in [-0.3, -0.25) is 4.90 Å². The molecular formula is C17H16ClN3O3. The summed E-state index contributed by atoms with van der Waals surface area (Å²) in [6, 6.07) is 12.3. The average Bonchev–Trinajstić information content (AvgIpc) is 3.02. The maximum atomic E-state index is 12.4. The van der Waals surface area contributed by atoms with Crippen molar-refractivity contribution in [3.63, 3.8) is 0 Å². The van der Waals surface area contributed by atoms with E-state index in [4.69, 9.17) is 20.9 Å². The number of amides is 2. The van der Waals surface area contributed by atoms with E-state index in [0.29, 0.717) is 27.7 Å². The first-order chi connectivity index (χ1) is 11.6. The zero-order chi connectivity index (χ0) is 17.1. The van der Waals surface area contributed by atoms with Crippen molar-refractivity contribution in [2.75, 3.05) is 19.1 Å². The predicted molar refractivity (Wildman–Crippen MR) is 92.7 cm³/mol. The third-order valence-corrected chi connectivity index (χ3v) is 3.90. The van der Waals surface area contributed by atoms with Gasteiger partial charge in [0.05, 0.1) is 19.3 Å². The van der Waals surface area contributed by atoms with Gasteiger partial charge in [0, 0.05) is 17.5 Å². The fraction of sp³-hybridized carbons (Fsp3) is 0.176. The standard InChI is InChI=1S/C17H16ClN3O3/c1-21(14-9-11(18)7-8-16(14)23-2)17(22)19-10-13-12-5-3-4-6-15(12)24-20-13/h3-9H,10H2,1-2H3,(H,19,22). The van der Waals surface area contributed by atoms with Crippen molar-refractivity contribution in [2.24, 2.45) is 0 Å². The summed E-state index contributed by atoms with van der Waals surface area (Å²) in [7, 11) is 3.18. The van der Waals surface area contributed by atoms with Gasteiger partial charge in [0.2, 0.25) is 0 Å². The average molecular weight is 346 g/mol. The molecule has 0 unspecified atom stereocenters. The van der Waals surface area contributed by atoms with Crippen LogP contribution in [0.3, 0.4) is 0 Å². The van der Waals surface area contributed by atoms with Crippen LogP contribution in [-0.2, 0) is 6.54 Å². The molecule has 0 bridgehead atoms. The number of para-hydroxylation sites is 1. The molecule has 2 amide bonds. The third kappa shape index (κ3) is 3.14. The highest BCUT2D eigenvalue weighted by atomic mass is 35.5. The maximum absolute atomic E-state index is 12.4. The van der Waals surface area contributed by atoms with Crippen LogP contribution in [0, 0.1) is 0 Å².